The molecule has 0 bridgehead atoms. The third kappa shape index (κ3) is 5.93. The first-order valence-electron chi connectivity index (χ1n) is 14.7. The number of furan rings is 1. The molecule has 0 aliphatic heterocycles. The van der Waals surface area contributed by atoms with Crippen LogP contribution in [0.3, 0.4) is 0 Å². The van der Waals surface area contributed by atoms with Crippen molar-refractivity contribution >= 4 is 32.8 Å². The second-order valence-electron chi connectivity index (χ2n) is 11.2. The SMILES string of the molecule is Cc1[c-]c(-c2nccc3cc(C4CCC(F)C4)ccc23)c2oc3nc(C)ccc3c2c1.[Ir].[c-]1ccccc1-c1ccccn1. The van der Waals surface area contributed by atoms with Gasteiger partial charge in [-0.3, -0.25) is 0 Å². The van der Waals surface area contributed by atoms with E-state index in [0.29, 0.717) is 24.5 Å². The predicted molar refractivity (Wildman–Crippen MR) is 171 cm³/mol. The molecule has 2 unspecified atom stereocenters. The first kappa shape index (κ1) is 29.8. The van der Waals surface area contributed by atoms with Crippen LogP contribution in [0.4, 0.5) is 4.39 Å². The number of aryl methyl sites for hydroxylation is 2. The van der Waals surface area contributed by atoms with Gasteiger partial charge in [-0.15, -0.1) is 53.6 Å². The van der Waals surface area contributed by atoms with Gasteiger partial charge < -0.3 is 14.4 Å². The molecule has 1 fully saturated rings. The molecule has 7 aromatic rings. The van der Waals surface area contributed by atoms with Crippen LogP contribution in [0.1, 0.15) is 42.0 Å². The van der Waals surface area contributed by atoms with Crippen molar-refractivity contribution in [3.05, 3.63) is 126 Å². The number of halogens is 1. The van der Waals surface area contributed by atoms with E-state index in [1.165, 1.54) is 5.56 Å². The Morgan fingerprint density at radius 1 is 0.841 bits per heavy atom. The molecule has 3 aromatic carbocycles. The van der Waals surface area contributed by atoms with Gasteiger partial charge in [-0.05, 0) is 84.1 Å². The summed E-state index contributed by atoms with van der Waals surface area (Å²) in [4.78, 5) is 13.5. The van der Waals surface area contributed by atoms with Gasteiger partial charge in [0, 0.05) is 43.6 Å². The maximum Gasteiger partial charge on any atom is 0.216 e. The molecule has 1 saturated carbocycles. The minimum Gasteiger partial charge on any atom is -0.486 e. The largest absolute Gasteiger partial charge is 0.486 e. The third-order valence-corrected chi connectivity index (χ3v) is 8.16. The molecule has 0 amide bonds. The second kappa shape index (κ2) is 12.8. The van der Waals surface area contributed by atoms with Crippen molar-refractivity contribution in [1.29, 1.82) is 0 Å². The van der Waals surface area contributed by atoms with E-state index in [0.717, 1.165) is 67.3 Å². The zero-order chi connectivity index (χ0) is 29.3. The molecule has 1 aliphatic carbocycles. The fourth-order valence-electron chi connectivity index (χ4n) is 6.05. The summed E-state index contributed by atoms with van der Waals surface area (Å²) in [5.41, 5.74) is 8.28. The van der Waals surface area contributed by atoms with Crippen LogP contribution in [0.15, 0.2) is 102 Å². The Labute approximate surface area is 269 Å². The molecule has 0 spiro atoms. The summed E-state index contributed by atoms with van der Waals surface area (Å²) >= 11 is 0. The van der Waals surface area contributed by atoms with Crippen molar-refractivity contribution in [2.24, 2.45) is 0 Å². The zero-order valence-corrected chi connectivity index (χ0v) is 26.9. The van der Waals surface area contributed by atoms with Crippen molar-refractivity contribution in [1.82, 2.24) is 15.0 Å². The summed E-state index contributed by atoms with van der Waals surface area (Å²) in [6, 6.07) is 34.9. The van der Waals surface area contributed by atoms with Crippen LogP contribution in [0.25, 0.3) is 55.4 Å². The summed E-state index contributed by atoms with van der Waals surface area (Å²) in [5.74, 6) is 0.304. The first-order chi connectivity index (χ1) is 21.0. The number of benzene rings is 3. The molecule has 44 heavy (non-hydrogen) atoms. The standard InChI is InChI=1S/C27H22FN2O.C11H8N.Ir/c1-15-11-23-22-7-3-16(2)30-27(22)31-26(23)24(12-15)25-21-8-5-17(13-19(21)9-10-29-25)18-4-6-20(28)14-18;1-2-6-10(7-3-1)11-8-4-5-9-12-11;/h3,5,7-11,13,18,20H,4,6,14H2,1-2H3;1-6,8-9H;/q2*-1;. The van der Waals surface area contributed by atoms with E-state index in [9.17, 15) is 4.39 Å². The molecule has 0 saturated heterocycles. The van der Waals surface area contributed by atoms with E-state index in [1.54, 1.807) is 6.20 Å². The number of aromatic nitrogens is 3. The summed E-state index contributed by atoms with van der Waals surface area (Å²) in [6.07, 6.45) is 5.16. The Morgan fingerprint density at radius 3 is 2.48 bits per heavy atom. The van der Waals surface area contributed by atoms with Crippen molar-refractivity contribution in [2.45, 2.75) is 45.2 Å². The smallest absolute Gasteiger partial charge is 0.216 e. The summed E-state index contributed by atoms with van der Waals surface area (Å²) in [7, 11) is 0. The number of rotatable bonds is 3. The van der Waals surface area contributed by atoms with E-state index in [-0.39, 0.29) is 20.1 Å². The van der Waals surface area contributed by atoms with Gasteiger partial charge in [-0.1, -0.05) is 48.2 Å². The van der Waals surface area contributed by atoms with Crippen LogP contribution < -0.4 is 0 Å². The fourth-order valence-corrected chi connectivity index (χ4v) is 6.05. The molecule has 4 nitrogen and oxygen atoms in total. The Bertz CT molecular complexity index is 2020. The van der Waals surface area contributed by atoms with E-state index >= 15 is 0 Å². The molecular weight excluding hydrogens is 726 g/mol. The van der Waals surface area contributed by atoms with Crippen LogP contribution in [0, 0.1) is 26.0 Å². The van der Waals surface area contributed by atoms with E-state index in [4.69, 9.17) is 9.40 Å². The van der Waals surface area contributed by atoms with Crippen LogP contribution in [0.2, 0.25) is 0 Å². The predicted octanol–water partition coefficient (Wildman–Crippen LogP) is 9.77. The maximum atomic E-state index is 13.7. The zero-order valence-electron chi connectivity index (χ0n) is 24.5. The average molecular weight is 756 g/mol. The molecule has 4 heterocycles. The molecule has 6 heteroatoms. The maximum absolute atomic E-state index is 13.7. The number of pyridine rings is 3. The molecule has 221 valence electrons. The van der Waals surface area contributed by atoms with Crippen molar-refractivity contribution < 1.29 is 28.9 Å². The second-order valence-corrected chi connectivity index (χ2v) is 11.2. The normalized spacial score (nSPS) is 16.1. The van der Waals surface area contributed by atoms with Gasteiger partial charge in [0.1, 0.15) is 6.17 Å². The van der Waals surface area contributed by atoms with E-state index < -0.39 is 6.17 Å². The quantitative estimate of drug-likeness (QED) is 0.169. The van der Waals surface area contributed by atoms with Gasteiger partial charge in [-0.25, -0.2) is 9.37 Å². The molecule has 2 atom stereocenters. The van der Waals surface area contributed by atoms with Gasteiger partial charge in [0.05, 0.1) is 5.58 Å². The van der Waals surface area contributed by atoms with Gasteiger partial charge in [0.2, 0.25) is 5.71 Å². The molecule has 1 aliphatic rings. The molecule has 1 radical (unpaired) electrons. The van der Waals surface area contributed by atoms with E-state index in [1.807, 2.05) is 74.6 Å². The first-order valence-corrected chi connectivity index (χ1v) is 14.7. The Balaban J connectivity index is 0.000000222. The van der Waals surface area contributed by atoms with Crippen molar-refractivity contribution in [3.63, 3.8) is 0 Å². The van der Waals surface area contributed by atoms with E-state index in [2.05, 4.69) is 52.4 Å². The van der Waals surface area contributed by atoms with Gasteiger partial charge in [-0.2, -0.15) is 0 Å². The van der Waals surface area contributed by atoms with Crippen LogP contribution in [-0.4, -0.2) is 21.1 Å². The summed E-state index contributed by atoms with van der Waals surface area (Å²) in [6.45, 7) is 4.00. The monoisotopic (exact) mass is 756 g/mol. The number of nitrogens with zero attached hydrogens (tertiary/aromatic N) is 3. The number of hydrogen-bond acceptors (Lipinski definition) is 4. The Kier molecular flexibility index (Phi) is 8.65. The Hall–Kier alpha value is -4.25. The third-order valence-electron chi connectivity index (χ3n) is 8.16. The van der Waals surface area contributed by atoms with Crippen LogP contribution >= 0.6 is 0 Å². The van der Waals surface area contributed by atoms with Gasteiger partial charge in [0.25, 0.3) is 0 Å². The van der Waals surface area contributed by atoms with Gasteiger partial charge >= 0.3 is 0 Å². The molecular formula is C38H30FIrN3O-2. The minimum atomic E-state index is -0.672. The van der Waals surface area contributed by atoms with Gasteiger partial charge in [0.15, 0.2) is 0 Å². The molecule has 4 aromatic heterocycles. The van der Waals surface area contributed by atoms with Crippen LogP contribution in [-0.2, 0) is 20.1 Å². The van der Waals surface area contributed by atoms with Crippen molar-refractivity contribution in [3.8, 4) is 22.5 Å². The Morgan fingerprint density at radius 2 is 1.70 bits per heavy atom. The van der Waals surface area contributed by atoms with Crippen molar-refractivity contribution in [2.75, 3.05) is 0 Å². The average Bonchev–Trinajstić information content (AvgIpc) is 3.64. The number of fused-ring (bicyclic) bond motifs is 4. The minimum absolute atomic E-state index is 0. The topological polar surface area (TPSA) is 51.8 Å². The molecule has 0 N–H and O–H groups in total. The fraction of sp³-hybridized carbons (Fsp3) is 0.184. The number of hydrogen-bond donors (Lipinski definition) is 0. The molecule has 8 rings (SSSR count). The summed E-state index contributed by atoms with van der Waals surface area (Å²) in [5, 5.41) is 4.19. The number of alkyl halides is 1. The summed E-state index contributed by atoms with van der Waals surface area (Å²) < 4.78 is 19.9. The van der Waals surface area contributed by atoms with Crippen LogP contribution in [0.5, 0.6) is 0 Å².